The molecule has 4 nitrogen and oxygen atoms in total. The molecule has 1 N–H and O–H groups in total. The molecule has 0 saturated heterocycles. The predicted molar refractivity (Wildman–Crippen MR) is 191 cm³/mol. The number of nitrogens with one attached hydrogen (secondary N) is 1. The number of Topliss-reactive ketones (excluding diaryl/α,β-unsaturated/α-hetero) is 1. The van der Waals surface area contributed by atoms with Crippen molar-refractivity contribution in [2.75, 3.05) is 6.61 Å². The highest BCUT2D eigenvalue weighted by Crippen LogP contribution is 2.44. The number of hydrogen-bond acceptors (Lipinski definition) is 3. The smallest absolute Gasteiger partial charge is 0.407 e. The molecule has 1 radical (unpaired) electrons. The van der Waals surface area contributed by atoms with Crippen LogP contribution < -0.4 is 5.32 Å². The summed E-state index contributed by atoms with van der Waals surface area (Å²) in [7, 11) is 0. The lowest BCUT2D eigenvalue weighted by Gasteiger charge is -2.21. The van der Waals surface area contributed by atoms with Gasteiger partial charge in [0.05, 0.1) is 12.0 Å². The van der Waals surface area contributed by atoms with Crippen LogP contribution >= 0.6 is 11.6 Å². The monoisotopic (exact) mass is 646 g/mol. The molecule has 1 amide bonds. The van der Waals surface area contributed by atoms with E-state index in [9.17, 15) is 9.59 Å². The SMILES string of the molecule is O=C(N[C@@H](Cc1ccccc1)C(=O)c1ccc([C](c2ccccc2)c2ccccc2)c(Cl)c1)OCC1c2ccccc2-c2ccccc21. The van der Waals surface area contributed by atoms with Gasteiger partial charge in [-0.15, -0.1) is 0 Å². The van der Waals surface area contributed by atoms with Crippen LogP contribution in [0.2, 0.25) is 5.02 Å². The Balaban J connectivity index is 1.13. The first-order chi connectivity index (χ1) is 23.6. The maximum absolute atomic E-state index is 14.1. The van der Waals surface area contributed by atoms with Crippen LogP contribution in [0.3, 0.4) is 0 Å². The van der Waals surface area contributed by atoms with E-state index in [0.29, 0.717) is 17.0 Å². The van der Waals surface area contributed by atoms with Crippen LogP contribution in [0.4, 0.5) is 4.79 Å². The fraction of sp³-hybridized carbons (Fsp3) is 0.0930. The number of benzene rings is 6. The van der Waals surface area contributed by atoms with Gasteiger partial charge in [-0.3, -0.25) is 4.79 Å². The van der Waals surface area contributed by atoms with E-state index in [2.05, 4.69) is 29.6 Å². The third-order valence-corrected chi connectivity index (χ3v) is 9.20. The van der Waals surface area contributed by atoms with E-state index in [4.69, 9.17) is 16.3 Å². The second-order valence-corrected chi connectivity index (χ2v) is 12.3. The Labute approximate surface area is 286 Å². The third kappa shape index (κ3) is 6.53. The van der Waals surface area contributed by atoms with Gasteiger partial charge in [0.1, 0.15) is 6.61 Å². The second-order valence-electron chi connectivity index (χ2n) is 11.9. The number of rotatable bonds is 10. The molecule has 1 aliphatic carbocycles. The Morgan fingerprint density at radius 2 is 1.15 bits per heavy atom. The Kier molecular flexibility index (Phi) is 9.17. The van der Waals surface area contributed by atoms with Gasteiger partial charge in [-0.25, -0.2) is 4.79 Å². The molecule has 0 bridgehead atoms. The quantitative estimate of drug-likeness (QED) is 0.119. The average molecular weight is 647 g/mol. The van der Waals surface area contributed by atoms with Gasteiger partial charge >= 0.3 is 6.09 Å². The average Bonchev–Trinajstić information content (AvgIpc) is 3.46. The van der Waals surface area contributed by atoms with Crippen LogP contribution in [-0.4, -0.2) is 24.5 Å². The van der Waals surface area contributed by atoms with Crippen LogP contribution in [0.1, 0.15) is 49.7 Å². The molecule has 0 aromatic heterocycles. The molecule has 6 aromatic carbocycles. The summed E-state index contributed by atoms with van der Waals surface area (Å²) in [6, 6.07) is 50.7. The molecule has 0 unspecified atom stereocenters. The molecular formula is C43H33ClNO3. The van der Waals surface area contributed by atoms with Crippen molar-refractivity contribution in [2.45, 2.75) is 18.4 Å². The molecule has 1 atom stereocenters. The summed E-state index contributed by atoms with van der Waals surface area (Å²) in [5.41, 5.74) is 8.73. The highest BCUT2D eigenvalue weighted by molar-refractivity contribution is 6.32. The molecule has 7 rings (SSSR count). The lowest BCUT2D eigenvalue weighted by Crippen LogP contribution is -2.43. The zero-order valence-electron chi connectivity index (χ0n) is 26.2. The zero-order chi connectivity index (χ0) is 32.9. The van der Waals surface area contributed by atoms with E-state index in [1.54, 1.807) is 12.1 Å². The number of alkyl carbamates (subject to hydrolysis) is 1. The standard InChI is InChI=1S/C43H33ClNO3/c44-39-27-32(24-25-37(39)41(30-16-6-2-7-17-30)31-18-8-3-9-19-31)42(46)40(26-29-14-4-1-5-15-29)45-43(47)48-28-38-35-22-12-10-20-33(35)34-21-11-13-23-36(34)38/h1-25,27,38,40H,26,28H2,(H,45,47)/t40-/m0/s1. The fourth-order valence-corrected chi connectivity index (χ4v) is 6.88. The number of hydrogen-bond donors (Lipinski definition) is 1. The highest BCUT2D eigenvalue weighted by atomic mass is 35.5. The third-order valence-electron chi connectivity index (χ3n) is 8.88. The summed E-state index contributed by atoms with van der Waals surface area (Å²) in [5, 5.41) is 3.33. The maximum atomic E-state index is 14.1. The maximum Gasteiger partial charge on any atom is 0.407 e. The van der Waals surface area contributed by atoms with E-state index < -0.39 is 12.1 Å². The summed E-state index contributed by atoms with van der Waals surface area (Å²) in [6.45, 7) is 0.157. The normalized spacial score (nSPS) is 12.6. The Morgan fingerprint density at radius 1 is 0.625 bits per heavy atom. The Morgan fingerprint density at radius 3 is 1.71 bits per heavy atom. The highest BCUT2D eigenvalue weighted by Gasteiger charge is 2.30. The van der Waals surface area contributed by atoms with Crippen LogP contribution in [0, 0.1) is 5.92 Å². The summed E-state index contributed by atoms with van der Waals surface area (Å²) < 4.78 is 5.83. The minimum Gasteiger partial charge on any atom is -0.449 e. The van der Waals surface area contributed by atoms with Crippen molar-refractivity contribution in [3.05, 3.63) is 208 Å². The molecule has 6 aromatic rings. The zero-order valence-corrected chi connectivity index (χ0v) is 26.9. The molecule has 0 spiro atoms. The van der Waals surface area contributed by atoms with Crippen molar-refractivity contribution in [2.24, 2.45) is 0 Å². The number of amides is 1. The van der Waals surface area contributed by atoms with Crippen LogP contribution in [-0.2, 0) is 11.2 Å². The van der Waals surface area contributed by atoms with Crippen molar-refractivity contribution in [3.8, 4) is 11.1 Å². The van der Waals surface area contributed by atoms with Gasteiger partial charge in [0.15, 0.2) is 5.78 Å². The molecule has 0 saturated carbocycles. The van der Waals surface area contributed by atoms with Gasteiger partial charge in [-0.2, -0.15) is 0 Å². The minimum absolute atomic E-state index is 0.0857. The van der Waals surface area contributed by atoms with Crippen molar-refractivity contribution < 1.29 is 14.3 Å². The first kappa shape index (κ1) is 31.2. The van der Waals surface area contributed by atoms with Gasteiger partial charge in [-0.05, 0) is 50.6 Å². The van der Waals surface area contributed by atoms with E-state index in [0.717, 1.165) is 50.4 Å². The van der Waals surface area contributed by atoms with E-state index >= 15 is 0 Å². The summed E-state index contributed by atoms with van der Waals surface area (Å²) in [4.78, 5) is 27.5. The number of fused-ring (bicyclic) bond motifs is 3. The lowest BCUT2D eigenvalue weighted by molar-refractivity contribution is 0.0919. The van der Waals surface area contributed by atoms with E-state index in [1.165, 1.54) is 0 Å². The number of halogens is 1. The largest absolute Gasteiger partial charge is 0.449 e. The summed E-state index contributed by atoms with van der Waals surface area (Å²) in [6.07, 6.45) is -0.341. The minimum atomic E-state index is -0.864. The topological polar surface area (TPSA) is 55.4 Å². The number of carbonyl (C=O) groups excluding carboxylic acids is 2. The molecule has 5 heteroatoms. The number of ketones is 1. The van der Waals surface area contributed by atoms with Crippen LogP contribution in [0.25, 0.3) is 11.1 Å². The van der Waals surface area contributed by atoms with Gasteiger partial charge in [0.2, 0.25) is 0 Å². The van der Waals surface area contributed by atoms with Crippen LogP contribution in [0.15, 0.2) is 158 Å². The molecule has 1 aliphatic rings. The van der Waals surface area contributed by atoms with Crippen LogP contribution in [0.5, 0.6) is 0 Å². The molecular weight excluding hydrogens is 614 g/mol. The van der Waals surface area contributed by atoms with E-state index in [1.807, 2.05) is 121 Å². The molecule has 48 heavy (non-hydrogen) atoms. The van der Waals surface area contributed by atoms with Crippen molar-refractivity contribution in [3.63, 3.8) is 0 Å². The van der Waals surface area contributed by atoms with Gasteiger partial charge in [-0.1, -0.05) is 163 Å². The first-order valence-electron chi connectivity index (χ1n) is 16.0. The number of carbonyl (C=O) groups is 2. The molecule has 0 aliphatic heterocycles. The first-order valence-corrected chi connectivity index (χ1v) is 16.4. The number of ether oxygens (including phenoxy) is 1. The van der Waals surface area contributed by atoms with Crippen molar-refractivity contribution >= 4 is 23.5 Å². The summed E-state index contributed by atoms with van der Waals surface area (Å²) >= 11 is 6.96. The van der Waals surface area contributed by atoms with Crippen molar-refractivity contribution in [1.82, 2.24) is 5.32 Å². The predicted octanol–water partition coefficient (Wildman–Crippen LogP) is 9.69. The van der Waals surface area contributed by atoms with E-state index in [-0.39, 0.29) is 18.3 Å². The molecule has 0 fully saturated rings. The summed E-state index contributed by atoms with van der Waals surface area (Å²) in [5.74, 6) is 0.636. The fourth-order valence-electron chi connectivity index (χ4n) is 6.60. The Hall–Kier alpha value is -5.45. The van der Waals surface area contributed by atoms with Crippen molar-refractivity contribution in [1.29, 1.82) is 0 Å². The molecule has 235 valence electrons. The van der Waals surface area contributed by atoms with Gasteiger partial charge in [0, 0.05) is 22.9 Å². The van der Waals surface area contributed by atoms with Gasteiger partial charge in [0.25, 0.3) is 0 Å². The Bertz CT molecular complexity index is 1960. The molecule has 0 heterocycles. The second kappa shape index (κ2) is 14.1. The lowest BCUT2D eigenvalue weighted by atomic mass is 9.84. The van der Waals surface area contributed by atoms with Gasteiger partial charge < -0.3 is 10.1 Å².